The average Bonchev–Trinajstić information content (AvgIpc) is 2.47. The summed E-state index contributed by atoms with van der Waals surface area (Å²) in [5.74, 6) is 0.484. The second kappa shape index (κ2) is 6.90. The highest BCUT2D eigenvalue weighted by Gasteiger charge is 2.36. The zero-order valence-electron chi connectivity index (χ0n) is 12.9. The molecule has 3 unspecified atom stereocenters. The minimum absolute atomic E-state index is 0.00754. The Morgan fingerprint density at radius 1 is 1.33 bits per heavy atom. The summed E-state index contributed by atoms with van der Waals surface area (Å²) in [4.78, 5) is 0. The summed E-state index contributed by atoms with van der Waals surface area (Å²) >= 11 is 0. The third kappa shape index (κ3) is 3.84. The van der Waals surface area contributed by atoms with Crippen molar-refractivity contribution in [1.82, 2.24) is 4.31 Å². The number of sulfonamides is 1. The summed E-state index contributed by atoms with van der Waals surface area (Å²) in [7, 11) is -3.27. The lowest BCUT2D eigenvalue weighted by Crippen LogP contribution is -2.52. The van der Waals surface area contributed by atoms with Gasteiger partial charge in [-0.1, -0.05) is 44.2 Å². The fourth-order valence-corrected chi connectivity index (χ4v) is 5.33. The molecule has 118 valence electrons. The molecule has 0 radical (unpaired) electrons. The summed E-state index contributed by atoms with van der Waals surface area (Å²) in [6, 6.07) is 9.76. The first-order chi connectivity index (χ1) is 9.95. The molecule has 0 saturated carbocycles. The Balaban J connectivity index is 2.14. The van der Waals surface area contributed by atoms with E-state index in [0.717, 1.165) is 18.4 Å². The molecule has 0 bridgehead atoms. The van der Waals surface area contributed by atoms with Crippen molar-refractivity contribution in [2.45, 2.75) is 38.6 Å². The highest BCUT2D eigenvalue weighted by Crippen LogP contribution is 2.27. The molecule has 2 N–H and O–H groups in total. The fourth-order valence-electron chi connectivity index (χ4n) is 3.20. The standard InChI is InChI=1S/C16H26N2O2S/c1-13-7-6-10-18(16(13)11-17)21(19,20)12-14(2)15-8-4-3-5-9-15/h3-5,8-9,13-14,16H,6-7,10-12,17H2,1-2H3. The summed E-state index contributed by atoms with van der Waals surface area (Å²) in [5, 5.41) is 0. The Bertz CT molecular complexity index is 545. The van der Waals surface area contributed by atoms with Gasteiger partial charge in [-0.05, 0) is 30.2 Å². The summed E-state index contributed by atoms with van der Waals surface area (Å²) in [6.45, 7) is 5.08. The molecule has 1 aromatic carbocycles. The molecule has 0 aliphatic carbocycles. The minimum atomic E-state index is -3.27. The molecule has 5 heteroatoms. The van der Waals surface area contributed by atoms with E-state index in [9.17, 15) is 8.42 Å². The lowest BCUT2D eigenvalue weighted by atomic mass is 9.93. The highest BCUT2D eigenvalue weighted by molar-refractivity contribution is 7.89. The smallest absolute Gasteiger partial charge is 0.214 e. The van der Waals surface area contributed by atoms with Crippen LogP contribution in [0.3, 0.4) is 0 Å². The van der Waals surface area contributed by atoms with Crippen LogP contribution in [-0.2, 0) is 10.0 Å². The van der Waals surface area contributed by atoms with Crippen LogP contribution in [-0.4, -0.2) is 37.6 Å². The Labute approximate surface area is 128 Å². The van der Waals surface area contributed by atoms with Crippen LogP contribution in [0.1, 0.15) is 38.2 Å². The SMILES string of the molecule is CC(CS(=O)(=O)N1CCCC(C)C1CN)c1ccccc1. The molecular formula is C16H26N2O2S. The van der Waals surface area contributed by atoms with Crippen LogP contribution in [0.2, 0.25) is 0 Å². The molecule has 0 spiro atoms. The van der Waals surface area contributed by atoms with E-state index >= 15 is 0 Å². The topological polar surface area (TPSA) is 63.4 Å². The third-order valence-electron chi connectivity index (χ3n) is 4.49. The van der Waals surface area contributed by atoms with Gasteiger partial charge in [-0.15, -0.1) is 0 Å². The Morgan fingerprint density at radius 2 is 2.00 bits per heavy atom. The molecule has 3 atom stereocenters. The summed E-state index contributed by atoms with van der Waals surface area (Å²) < 4.78 is 27.2. The number of hydrogen-bond donors (Lipinski definition) is 1. The largest absolute Gasteiger partial charge is 0.329 e. The normalized spacial score (nSPS) is 25.7. The van der Waals surface area contributed by atoms with Crippen LogP contribution in [0, 0.1) is 5.92 Å². The Kier molecular flexibility index (Phi) is 5.41. The van der Waals surface area contributed by atoms with Gasteiger partial charge in [0.15, 0.2) is 0 Å². The molecule has 1 aliphatic heterocycles. The number of rotatable bonds is 5. The van der Waals surface area contributed by atoms with Gasteiger partial charge < -0.3 is 5.73 Å². The van der Waals surface area contributed by atoms with Crippen LogP contribution in [0.5, 0.6) is 0 Å². The maximum atomic E-state index is 12.8. The second-order valence-electron chi connectivity index (χ2n) is 6.12. The van der Waals surface area contributed by atoms with Crippen molar-refractivity contribution in [2.24, 2.45) is 11.7 Å². The number of nitrogens with zero attached hydrogens (tertiary/aromatic N) is 1. The molecule has 21 heavy (non-hydrogen) atoms. The number of hydrogen-bond acceptors (Lipinski definition) is 3. The van der Waals surface area contributed by atoms with Crippen molar-refractivity contribution in [3.05, 3.63) is 35.9 Å². The van der Waals surface area contributed by atoms with Gasteiger partial charge in [0.25, 0.3) is 0 Å². The first-order valence-electron chi connectivity index (χ1n) is 7.70. The van der Waals surface area contributed by atoms with E-state index in [2.05, 4.69) is 6.92 Å². The monoisotopic (exact) mass is 310 g/mol. The quantitative estimate of drug-likeness (QED) is 0.906. The van der Waals surface area contributed by atoms with Crippen molar-refractivity contribution in [3.63, 3.8) is 0 Å². The van der Waals surface area contributed by atoms with E-state index < -0.39 is 10.0 Å². The Hall–Kier alpha value is -0.910. The zero-order valence-corrected chi connectivity index (χ0v) is 13.7. The maximum absolute atomic E-state index is 12.8. The van der Waals surface area contributed by atoms with Gasteiger partial charge in [-0.3, -0.25) is 0 Å². The fraction of sp³-hybridized carbons (Fsp3) is 0.625. The van der Waals surface area contributed by atoms with Gasteiger partial charge in [0.2, 0.25) is 10.0 Å². The lowest BCUT2D eigenvalue weighted by molar-refractivity contribution is 0.192. The van der Waals surface area contributed by atoms with Crippen LogP contribution in [0.4, 0.5) is 0 Å². The number of benzene rings is 1. The predicted octanol–water partition coefficient (Wildman–Crippen LogP) is 2.18. The molecule has 1 heterocycles. The van der Waals surface area contributed by atoms with Crippen molar-refractivity contribution < 1.29 is 8.42 Å². The van der Waals surface area contributed by atoms with E-state index in [1.165, 1.54) is 0 Å². The molecule has 2 rings (SSSR count). The number of piperidine rings is 1. The molecule has 4 nitrogen and oxygen atoms in total. The van der Waals surface area contributed by atoms with E-state index in [0.29, 0.717) is 19.0 Å². The van der Waals surface area contributed by atoms with Crippen LogP contribution in [0.15, 0.2) is 30.3 Å². The summed E-state index contributed by atoms with van der Waals surface area (Å²) in [6.07, 6.45) is 1.98. The van der Waals surface area contributed by atoms with Crippen LogP contribution < -0.4 is 5.73 Å². The van der Waals surface area contributed by atoms with Crippen molar-refractivity contribution in [3.8, 4) is 0 Å². The van der Waals surface area contributed by atoms with Gasteiger partial charge >= 0.3 is 0 Å². The first kappa shape index (κ1) is 16.5. The lowest BCUT2D eigenvalue weighted by Gasteiger charge is -2.38. The van der Waals surface area contributed by atoms with Gasteiger partial charge in [0.1, 0.15) is 0 Å². The molecule has 1 aromatic rings. The molecule has 1 saturated heterocycles. The molecule has 0 amide bonds. The summed E-state index contributed by atoms with van der Waals surface area (Å²) in [5.41, 5.74) is 6.88. The maximum Gasteiger partial charge on any atom is 0.214 e. The van der Waals surface area contributed by atoms with Gasteiger partial charge in [-0.2, -0.15) is 4.31 Å². The molecular weight excluding hydrogens is 284 g/mol. The van der Waals surface area contributed by atoms with Gasteiger partial charge in [0.05, 0.1) is 5.75 Å². The van der Waals surface area contributed by atoms with Crippen molar-refractivity contribution >= 4 is 10.0 Å². The Morgan fingerprint density at radius 3 is 2.62 bits per heavy atom. The van der Waals surface area contributed by atoms with E-state index in [4.69, 9.17) is 5.73 Å². The van der Waals surface area contributed by atoms with E-state index in [-0.39, 0.29) is 17.7 Å². The second-order valence-corrected chi connectivity index (χ2v) is 8.09. The zero-order chi connectivity index (χ0) is 15.5. The average molecular weight is 310 g/mol. The van der Waals surface area contributed by atoms with E-state index in [1.807, 2.05) is 37.3 Å². The molecule has 1 aliphatic rings. The van der Waals surface area contributed by atoms with Crippen molar-refractivity contribution in [1.29, 1.82) is 0 Å². The minimum Gasteiger partial charge on any atom is -0.329 e. The van der Waals surface area contributed by atoms with Gasteiger partial charge in [-0.25, -0.2) is 8.42 Å². The third-order valence-corrected chi connectivity index (χ3v) is 6.58. The van der Waals surface area contributed by atoms with Crippen LogP contribution >= 0.6 is 0 Å². The highest BCUT2D eigenvalue weighted by atomic mass is 32.2. The number of nitrogens with two attached hydrogens (primary N) is 1. The first-order valence-corrected chi connectivity index (χ1v) is 9.31. The molecule has 0 aromatic heterocycles. The molecule has 1 fully saturated rings. The van der Waals surface area contributed by atoms with Gasteiger partial charge in [0, 0.05) is 19.1 Å². The van der Waals surface area contributed by atoms with Crippen LogP contribution in [0.25, 0.3) is 0 Å². The van der Waals surface area contributed by atoms with Crippen molar-refractivity contribution in [2.75, 3.05) is 18.8 Å². The van der Waals surface area contributed by atoms with E-state index in [1.54, 1.807) is 4.31 Å². The predicted molar refractivity (Wildman–Crippen MR) is 86.6 cm³/mol.